The van der Waals surface area contributed by atoms with E-state index in [4.69, 9.17) is 11.6 Å². The molecule has 0 bridgehead atoms. The van der Waals surface area contributed by atoms with Gasteiger partial charge in [0.05, 0.1) is 6.04 Å². The maximum atomic E-state index is 12.2. The van der Waals surface area contributed by atoms with Gasteiger partial charge in [0.1, 0.15) is 0 Å². The fourth-order valence-corrected chi connectivity index (χ4v) is 3.02. The summed E-state index contributed by atoms with van der Waals surface area (Å²) in [6.45, 7) is 0.949. The molecule has 2 rings (SSSR count). The third-order valence-corrected chi connectivity index (χ3v) is 4.17. The topological polar surface area (TPSA) is 29.1 Å². The van der Waals surface area contributed by atoms with Crippen LogP contribution in [0.15, 0.2) is 22.7 Å². The minimum atomic E-state index is 0.00668. The zero-order valence-corrected chi connectivity index (χ0v) is 12.6. The van der Waals surface area contributed by atoms with E-state index in [0.717, 1.165) is 29.4 Å². The number of benzene rings is 1. The molecule has 1 aliphatic heterocycles. The molecule has 1 aliphatic rings. The van der Waals surface area contributed by atoms with E-state index in [2.05, 4.69) is 21.2 Å². The molecule has 1 saturated heterocycles. The summed E-state index contributed by atoms with van der Waals surface area (Å²) in [4.78, 5) is 12.2. The van der Waals surface area contributed by atoms with Crippen molar-refractivity contribution in [3.8, 4) is 0 Å². The summed E-state index contributed by atoms with van der Waals surface area (Å²) >= 11 is 9.51. The lowest BCUT2D eigenvalue weighted by Gasteiger charge is -2.14. The van der Waals surface area contributed by atoms with Crippen LogP contribution in [0.25, 0.3) is 0 Å². The number of hydrogen-bond acceptors (Lipinski definition) is 2. The molecule has 1 aromatic carbocycles. The van der Waals surface area contributed by atoms with E-state index in [0.29, 0.717) is 11.4 Å². The largest absolute Gasteiger partial charge is 0.307 e. The molecule has 1 atom stereocenters. The normalized spacial score (nSPS) is 20.4. The Balaban J connectivity index is 2.01. The van der Waals surface area contributed by atoms with Crippen molar-refractivity contribution in [2.24, 2.45) is 0 Å². The zero-order chi connectivity index (χ0) is 13.0. The average Bonchev–Trinajstić information content (AvgIpc) is 2.61. The molecule has 1 heterocycles. The summed E-state index contributed by atoms with van der Waals surface area (Å²) in [6, 6.07) is 5.69. The fraction of sp³-hybridized carbons (Fsp3) is 0.500. The predicted octanol–water partition coefficient (Wildman–Crippen LogP) is 3.75. The van der Waals surface area contributed by atoms with Gasteiger partial charge in [-0.25, -0.2) is 0 Å². The van der Waals surface area contributed by atoms with Crippen molar-refractivity contribution in [1.82, 2.24) is 5.32 Å². The minimum absolute atomic E-state index is 0.00668. The Morgan fingerprint density at radius 3 is 3.00 bits per heavy atom. The molecule has 2 nitrogen and oxygen atoms in total. The molecule has 18 heavy (non-hydrogen) atoms. The molecule has 0 radical (unpaired) electrons. The average molecular weight is 331 g/mol. The molecule has 1 unspecified atom stereocenters. The molecule has 1 fully saturated rings. The highest BCUT2D eigenvalue weighted by atomic mass is 79.9. The monoisotopic (exact) mass is 329 g/mol. The van der Waals surface area contributed by atoms with Gasteiger partial charge in [0.25, 0.3) is 0 Å². The summed E-state index contributed by atoms with van der Waals surface area (Å²) in [5.74, 6) is 0.251. The van der Waals surface area contributed by atoms with Gasteiger partial charge in [-0.05, 0) is 37.1 Å². The first kappa shape index (κ1) is 14.0. The highest BCUT2D eigenvalue weighted by Gasteiger charge is 2.20. The Morgan fingerprint density at radius 2 is 2.22 bits per heavy atom. The summed E-state index contributed by atoms with van der Waals surface area (Å²) in [7, 11) is 0. The summed E-state index contributed by atoms with van der Waals surface area (Å²) in [5.41, 5.74) is 0.913. The first-order chi connectivity index (χ1) is 8.66. The number of halogens is 2. The number of hydrogen-bond donors (Lipinski definition) is 1. The van der Waals surface area contributed by atoms with Gasteiger partial charge in [-0.1, -0.05) is 46.4 Å². The number of carbonyl (C=O) groups excluding carboxylic acids is 1. The molecule has 4 heteroatoms. The van der Waals surface area contributed by atoms with Crippen LogP contribution >= 0.6 is 27.5 Å². The van der Waals surface area contributed by atoms with Crippen LogP contribution in [0.3, 0.4) is 0 Å². The van der Waals surface area contributed by atoms with E-state index < -0.39 is 0 Å². The Kier molecular flexibility index (Phi) is 5.22. The zero-order valence-electron chi connectivity index (χ0n) is 10.2. The Hall–Kier alpha value is -0.380. The van der Waals surface area contributed by atoms with Crippen molar-refractivity contribution >= 4 is 33.3 Å². The Morgan fingerprint density at radius 1 is 1.39 bits per heavy atom. The van der Waals surface area contributed by atoms with Gasteiger partial charge < -0.3 is 5.32 Å². The van der Waals surface area contributed by atoms with Crippen LogP contribution in [0.5, 0.6) is 0 Å². The second-order valence-corrected chi connectivity index (χ2v) is 6.06. The maximum Gasteiger partial charge on any atom is 0.154 e. The molecule has 0 aliphatic carbocycles. The van der Waals surface area contributed by atoms with E-state index >= 15 is 0 Å². The van der Waals surface area contributed by atoms with Crippen molar-refractivity contribution < 1.29 is 4.79 Å². The lowest BCUT2D eigenvalue weighted by atomic mass is 10.0. The first-order valence-electron chi connectivity index (χ1n) is 6.37. The van der Waals surface area contributed by atoms with Gasteiger partial charge in [-0.3, -0.25) is 4.79 Å². The first-order valence-corrected chi connectivity index (χ1v) is 7.54. The quantitative estimate of drug-likeness (QED) is 0.914. The summed E-state index contributed by atoms with van der Waals surface area (Å²) in [5, 5.41) is 3.99. The van der Waals surface area contributed by atoms with Crippen molar-refractivity contribution in [1.29, 1.82) is 0 Å². The number of carbonyl (C=O) groups is 1. The molecule has 1 N–H and O–H groups in total. The minimum Gasteiger partial charge on any atom is -0.307 e. The smallest absolute Gasteiger partial charge is 0.154 e. The SMILES string of the molecule is O=C(Cc1ccc(Br)cc1Cl)C1CCCCCN1. The highest BCUT2D eigenvalue weighted by molar-refractivity contribution is 9.10. The Labute approximate surface area is 121 Å². The van der Waals surface area contributed by atoms with Crippen molar-refractivity contribution in [2.45, 2.75) is 38.1 Å². The predicted molar refractivity (Wildman–Crippen MR) is 78.1 cm³/mol. The van der Waals surface area contributed by atoms with Crippen LogP contribution in [0.1, 0.15) is 31.2 Å². The number of rotatable bonds is 3. The van der Waals surface area contributed by atoms with E-state index in [-0.39, 0.29) is 11.8 Å². The molecule has 1 aromatic rings. The standard InChI is InChI=1S/C14H17BrClNO/c15-11-6-5-10(12(16)9-11)8-14(18)13-4-2-1-3-7-17-13/h5-6,9,13,17H,1-4,7-8H2. The van der Waals surface area contributed by atoms with Crippen LogP contribution in [-0.4, -0.2) is 18.4 Å². The van der Waals surface area contributed by atoms with Crippen LogP contribution in [0.2, 0.25) is 5.02 Å². The summed E-state index contributed by atoms with van der Waals surface area (Å²) in [6.07, 6.45) is 4.90. The number of nitrogens with one attached hydrogen (secondary N) is 1. The lowest BCUT2D eigenvalue weighted by Crippen LogP contribution is -2.37. The van der Waals surface area contributed by atoms with E-state index in [9.17, 15) is 4.79 Å². The van der Waals surface area contributed by atoms with Gasteiger partial charge in [-0.2, -0.15) is 0 Å². The second kappa shape index (κ2) is 6.69. The van der Waals surface area contributed by atoms with Crippen LogP contribution in [0, 0.1) is 0 Å². The fourth-order valence-electron chi connectivity index (χ4n) is 2.28. The lowest BCUT2D eigenvalue weighted by molar-refractivity contribution is -0.120. The van der Waals surface area contributed by atoms with E-state index in [1.54, 1.807) is 0 Å². The van der Waals surface area contributed by atoms with Crippen LogP contribution < -0.4 is 5.32 Å². The van der Waals surface area contributed by atoms with Crippen LogP contribution in [0.4, 0.5) is 0 Å². The third kappa shape index (κ3) is 3.81. The van der Waals surface area contributed by atoms with Crippen LogP contribution in [-0.2, 0) is 11.2 Å². The molecule has 0 spiro atoms. The van der Waals surface area contributed by atoms with E-state index in [1.807, 2.05) is 18.2 Å². The second-order valence-electron chi connectivity index (χ2n) is 4.73. The Bertz CT molecular complexity index is 428. The van der Waals surface area contributed by atoms with Crippen molar-refractivity contribution in [2.75, 3.05) is 6.54 Å². The van der Waals surface area contributed by atoms with Gasteiger partial charge >= 0.3 is 0 Å². The highest BCUT2D eigenvalue weighted by Crippen LogP contribution is 2.22. The van der Waals surface area contributed by atoms with Crippen molar-refractivity contribution in [3.05, 3.63) is 33.3 Å². The van der Waals surface area contributed by atoms with Gasteiger partial charge in [0.15, 0.2) is 5.78 Å². The van der Waals surface area contributed by atoms with Crippen molar-refractivity contribution in [3.63, 3.8) is 0 Å². The number of ketones is 1. The molecule has 98 valence electrons. The van der Waals surface area contributed by atoms with Gasteiger partial charge in [-0.15, -0.1) is 0 Å². The molecular formula is C14H17BrClNO. The summed E-state index contributed by atoms with van der Waals surface area (Å²) < 4.78 is 0.941. The maximum absolute atomic E-state index is 12.2. The molecule has 0 amide bonds. The number of Topliss-reactive ketones (excluding diaryl/α,β-unsaturated/α-hetero) is 1. The molecular weight excluding hydrogens is 314 g/mol. The molecule has 0 aromatic heterocycles. The van der Waals surface area contributed by atoms with E-state index in [1.165, 1.54) is 12.8 Å². The molecule has 0 saturated carbocycles. The third-order valence-electron chi connectivity index (χ3n) is 3.33. The van der Waals surface area contributed by atoms with Gasteiger partial charge in [0, 0.05) is 15.9 Å². The van der Waals surface area contributed by atoms with Gasteiger partial charge in [0.2, 0.25) is 0 Å².